The number of nitrogens with zero attached hydrogens (tertiary/aromatic N) is 2. The molecule has 2 rings (SSSR count). The maximum absolute atomic E-state index is 12.0. The Bertz CT molecular complexity index is 517. The summed E-state index contributed by atoms with van der Waals surface area (Å²) < 4.78 is 1.76. The molecule has 18 heavy (non-hydrogen) atoms. The topological polar surface area (TPSA) is 37.3 Å². The molecule has 0 fully saturated rings. The van der Waals surface area contributed by atoms with Gasteiger partial charge >= 0.3 is 0 Å². The summed E-state index contributed by atoms with van der Waals surface area (Å²) in [5, 5.41) is 0. The standard InChI is InChI=1S/C14H17N3O/c1-16(2)11-13-9-6-10-17(13)15-14(18)12-7-4-3-5-8-12/h3-10H,11H2,1-2H3,(H,15,18). The lowest BCUT2D eigenvalue weighted by Crippen LogP contribution is -2.25. The van der Waals surface area contributed by atoms with Gasteiger partial charge in [-0.05, 0) is 38.4 Å². The maximum Gasteiger partial charge on any atom is 0.270 e. The smallest absolute Gasteiger partial charge is 0.270 e. The van der Waals surface area contributed by atoms with E-state index in [1.54, 1.807) is 16.8 Å². The van der Waals surface area contributed by atoms with E-state index in [1.165, 1.54) is 0 Å². The SMILES string of the molecule is CN(C)Cc1cccn1NC(=O)c1ccccc1. The van der Waals surface area contributed by atoms with Gasteiger partial charge in [-0.25, -0.2) is 0 Å². The Hall–Kier alpha value is -2.07. The molecule has 4 heteroatoms. The molecule has 0 saturated heterocycles. The van der Waals surface area contributed by atoms with Crippen molar-refractivity contribution < 1.29 is 4.79 Å². The molecule has 1 aromatic heterocycles. The molecule has 0 aliphatic rings. The van der Waals surface area contributed by atoms with Crippen molar-refractivity contribution in [2.24, 2.45) is 0 Å². The van der Waals surface area contributed by atoms with Gasteiger partial charge in [0.25, 0.3) is 5.91 Å². The Morgan fingerprint density at radius 2 is 1.89 bits per heavy atom. The van der Waals surface area contributed by atoms with Crippen LogP contribution in [0.25, 0.3) is 0 Å². The zero-order valence-electron chi connectivity index (χ0n) is 10.6. The number of amides is 1. The van der Waals surface area contributed by atoms with E-state index in [0.29, 0.717) is 5.56 Å². The second-order valence-electron chi connectivity index (χ2n) is 4.41. The molecular formula is C14H17N3O. The maximum atomic E-state index is 12.0. The fraction of sp³-hybridized carbons (Fsp3) is 0.214. The van der Waals surface area contributed by atoms with Crippen LogP contribution in [-0.2, 0) is 6.54 Å². The molecule has 1 aromatic carbocycles. The van der Waals surface area contributed by atoms with E-state index in [1.807, 2.05) is 50.6 Å². The van der Waals surface area contributed by atoms with Crippen LogP contribution < -0.4 is 5.43 Å². The fourth-order valence-electron chi connectivity index (χ4n) is 1.74. The fourth-order valence-corrected chi connectivity index (χ4v) is 1.74. The van der Waals surface area contributed by atoms with Crippen LogP contribution in [0.2, 0.25) is 0 Å². The van der Waals surface area contributed by atoms with E-state index in [0.717, 1.165) is 12.2 Å². The minimum absolute atomic E-state index is 0.105. The molecule has 0 bridgehead atoms. The largest absolute Gasteiger partial charge is 0.304 e. The van der Waals surface area contributed by atoms with E-state index < -0.39 is 0 Å². The summed E-state index contributed by atoms with van der Waals surface area (Å²) >= 11 is 0. The molecule has 1 heterocycles. The molecule has 0 atom stereocenters. The predicted molar refractivity (Wildman–Crippen MR) is 72.0 cm³/mol. The molecule has 0 aliphatic carbocycles. The van der Waals surface area contributed by atoms with E-state index >= 15 is 0 Å². The Morgan fingerprint density at radius 1 is 1.17 bits per heavy atom. The van der Waals surface area contributed by atoms with Gasteiger partial charge in [0.15, 0.2) is 0 Å². The summed E-state index contributed by atoms with van der Waals surface area (Å²) in [6, 6.07) is 13.1. The van der Waals surface area contributed by atoms with Gasteiger partial charge in [0.05, 0.1) is 5.69 Å². The van der Waals surface area contributed by atoms with Crippen LogP contribution in [0.15, 0.2) is 48.7 Å². The molecule has 0 radical (unpaired) electrons. The quantitative estimate of drug-likeness (QED) is 0.891. The van der Waals surface area contributed by atoms with Gasteiger partial charge in [-0.2, -0.15) is 0 Å². The number of benzene rings is 1. The summed E-state index contributed by atoms with van der Waals surface area (Å²) in [7, 11) is 3.99. The van der Waals surface area contributed by atoms with Crippen LogP contribution in [0.3, 0.4) is 0 Å². The normalized spacial score (nSPS) is 10.6. The van der Waals surface area contributed by atoms with Gasteiger partial charge in [0, 0.05) is 18.3 Å². The number of carbonyl (C=O) groups excluding carboxylic acids is 1. The molecular weight excluding hydrogens is 226 g/mol. The van der Waals surface area contributed by atoms with Crippen molar-refractivity contribution in [2.45, 2.75) is 6.54 Å². The van der Waals surface area contributed by atoms with Gasteiger partial charge in [0.1, 0.15) is 0 Å². The predicted octanol–water partition coefficient (Wildman–Crippen LogP) is 1.93. The van der Waals surface area contributed by atoms with Crippen molar-refractivity contribution >= 4 is 5.91 Å². The molecule has 1 amide bonds. The zero-order chi connectivity index (χ0) is 13.0. The average molecular weight is 243 g/mol. The second kappa shape index (κ2) is 5.51. The van der Waals surface area contributed by atoms with E-state index in [-0.39, 0.29) is 5.91 Å². The molecule has 1 N–H and O–H groups in total. The van der Waals surface area contributed by atoms with Gasteiger partial charge in [-0.3, -0.25) is 14.9 Å². The highest BCUT2D eigenvalue weighted by Gasteiger charge is 2.07. The highest BCUT2D eigenvalue weighted by Crippen LogP contribution is 2.04. The van der Waals surface area contributed by atoms with Gasteiger partial charge < -0.3 is 4.90 Å². The van der Waals surface area contributed by atoms with Crippen molar-refractivity contribution in [2.75, 3.05) is 19.5 Å². The Morgan fingerprint density at radius 3 is 2.56 bits per heavy atom. The summed E-state index contributed by atoms with van der Waals surface area (Å²) in [6.45, 7) is 0.780. The van der Waals surface area contributed by atoms with Gasteiger partial charge in [-0.1, -0.05) is 18.2 Å². The highest BCUT2D eigenvalue weighted by atomic mass is 16.2. The Balaban J connectivity index is 2.10. The van der Waals surface area contributed by atoms with Gasteiger partial charge in [-0.15, -0.1) is 0 Å². The zero-order valence-corrected chi connectivity index (χ0v) is 10.6. The van der Waals surface area contributed by atoms with Crippen LogP contribution in [0.5, 0.6) is 0 Å². The lowest BCUT2D eigenvalue weighted by Gasteiger charge is -2.14. The van der Waals surface area contributed by atoms with Crippen molar-refractivity contribution in [3.8, 4) is 0 Å². The van der Waals surface area contributed by atoms with Crippen molar-refractivity contribution in [1.82, 2.24) is 9.58 Å². The van der Waals surface area contributed by atoms with Crippen molar-refractivity contribution in [3.63, 3.8) is 0 Å². The molecule has 4 nitrogen and oxygen atoms in total. The summed E-state index contributed by atoms with van der Waals surface area (Å²) in [6.07, 6.45) is 1.85. The Labute approximate surface area is 107 Å². The molecule has 0 spiro atoms. The van der Waals surface area contributed by atoms with E-state index in [2.05, 4.69) is 10.3 Å². The third-order valence-electron chi connectivity index (χ3n) is 2.57. The van der Waals surface area contributed by atoms with Crippen LogP contribution in [0.1, 0.15) is 16.1 Å². The minimum atomic E-state index is -0.105. The number of rotatable bonds is 4. The summed E-state index contributed by atoms with van der Waals surface area (Å²) in [5.41, 5.74) is 4.56. The van der Waals surface area contributed by atoms with Crippen LogP contribution in [0.4, 0.5) is 0 Å². The molecule has 0 aliphatic heterocycles. The lowest BCUT2D eigenvalue weighted by atomic mass is 10.2. The lowest BCUT2D eigenvalue weighted by molar-refractivity contribution is 0.101. The van der Waals surface area contributed by atoms with Crippen molar-refractivity contribution in [3.05, 3.63) is 59.9 Å². The highest BCUT2D eigenvalue weighted by molar-refractivity contribution is 5.99. The van der Waals surface area contributed by atoms with E-state index in [9.17, 15) is 4.79 Å². The van der Waals surface area contributed by atoms with Gasteiger partial charge in [0.2, 0.25) is 0 Å². The third kappa shape index (κ3) is 2.99. The van der Waals surface area contributed by atoms with Crippen LogP contribution in [-0.4, -0.2) is 29.6 Å². The first-order valence-corrected chi connectivity index (χ1v) is 5.84. The first-order valence-electron chi connectivity index (χ1n) is 5.84. The second-order valence-corrected chi connectivity index (χ2v) is 4.41. The number of hydrogen-bond acceptors (Lipinski definition) is 2. The molecule has 2 aromatic rings. The minimum Gasteiger partial charge on any atom is -0.304 e. The number of nitrogens with one attached hydrogen (secondary N) is 1. The monoisotopic (exact) mass is 243 g/mol. The molecule has 94 valence electrons. The van der Waals surface area contributed by atoms with Crippen LogP contribution >= 0.6 is 0 Å². The van der Waals surface area contributed by atoms with Crippen LogP contribution in [0, 0.1) is 0 Å². The molecule has 0 saturated carbocycles. The summed E-state index contributed by atoms with van der Waals surface area (Å²) in [5.74, 6) is -0.105. The number of carbonyl (C=O) groups is 1. The Kier molecular flexibility index (Phi) is 3.79. The van der Waals surface area contributed by atoms with Crippen molar-refractivity contribution in [1.29, 1.82) is 0 Å². The third-order valence-corrected chi connectivity index (χ3v) is 2.57. The molecule has 0 unspecified atom stereocenters. The summed E-state index contributed by atoms with van der Waals surface area (Å²) in [4.78, 5) is 14.1. The van der Waals surface area contributed by atoms with E-state index in [4.69, 9.17) is 0 Å². The number of aromatic nitrogens is 1. The first-order chi connectivity index (χ1) is 8.66. The number of hydrogen-bond donors (Lipinski definition) is 1. The first kappa shape index (κ1) is 12.4. The average Bonchev–Trinajstić information content (AvgIpc) is 2.77.